The molecule has 2 aliphatic heterocycles. The summed E-state index contributed by atoms with van der Waals surface area (Å²) in [7, 11) is 0. The summed E-state index contributed by atoms with van der Waals surface area (Å²) >= 11 is 0. The number of carbonyl (C=O) groups excluding carboxylic acids is 2. The molecule has 0 spiro atoms. The van der Waals surface area contributed by atoms with Gasteiger partial charge in [0, 0.05) is 50.7 Å². The smallest absolute Gasteiger partial charge is 0.410 e. The molecule has 0 aromatic rings. The van der Waals surface area contributed by atoms with E-state index in [2.05, 4.69) is 30.6 Å². The second kappa shape index (κ2) is 9.23. The van der Waals surface area contributed by atoms with Crippen molar-refractivity contribution < 1.29 is 14.3 Å². The molecule has 2 atom stereocenters. The quantitative estimate of drug-likeness (QED) is 0.694. The Morgan fingerprint density at radius 3 is 2.14 bits per heavy atom. The van der Waals surface area contributed by atoms with Gasteiger partial charge in [0.2, 0.25) is 5.91 Å². The topological polar surface area (TPSA) is 53.1 Å². The lowest BCUT2D eigenvalue weighted by molar-refractivity contribution is -0.135. The average Bonchev–Trinajstić information content (AvgIpc) is 2.64. The van der Waals surface area contributed by atoms with E-state index in [1.165, 1.54) is 19.3 Å². The van der Waals surface area contributed by atoms with Crippen LogP contribution in [0.25, 0.3) is 0 Å². The molecule has 0 aromatic heterocycles. The molecule has 2 heterocycles. The minimum Gasteiger partial charge on any atom is -0.450 e. The largest absolute Gasteiger partial charge is 0.450 e. The molecule has 1 saturated carbocycles. The summed E-state index contributed by atoms with van der Waals surface area (Å²) in [4.78, 5) is 31.3. The first kappa shape index (κ1) is 22.4. The minimum atomic E-state index is -0.175. The summed E-state index contributed by atoms with van der Waals surface area (Å²) in [5, 5.41) is 0. The number of rotatable bonds is 5. The molecular weight excluding hydrogens is 366 g/mol. The molecule has 29 heavy (non-hydrogen) atoms. The lowest BCUT2D eigenvalue weighted by atomic mass is 9.70. The summed E-state index contributed by atoms with van der Waals surface area (Å²) in [5.41, 5.74) is 0.341. The van der Waals surface area contributed by atoms with Crippen molar-refractivity contribution in [1.29, 1.82) is 0 Å². The summed E-state index contributed by atoms with van der Waals surface area (Å²) in [5.74, 6) is 0.238. The van der Waals surface area contributed by atoms with Crippen molar-refractivity contribution in [2.24, 2.45) is 5.41 Å². The summed E-state index contributed by atoms with van der Waals surface area (Å²) in [6, 6.07) is 1.30. The van der Waals surface area contributed by atoms with Gasteiger partial charge in [-0.15, -0.1) is 0 Å². The third-order valence-corrected chi connectivity index (χ3v) is 7.63. The van der Waals surface area contributed by atoms with E-state index in [1.807, 2.05) is 11.8 Å². The lowest BCUT2D eigenvalue weighted by Gasteiger charge is -2.49. The average molecular weight is 408 g/mol. The van der Waals surface area contributed by atoms with E-state index in [0.29, 0.717) is 24.1 Å². The van der Waals surface area contributed by atoms with Crippen LogP contribution in [0.4, 0.5) is 4.79 Å². The first-order chi connectivity index (χ1) is 13.7. The first-order valence-electron chi connectivity index (χ1n) is 11.7. The lowest BCUT2D eigenvalue weighted by Crippen LogP contribution is -2.57. The fraction of sp³-hybridized carbons (Fsp3) is 0.913. The molecule has 6 nitrogen and oxygen atoms in total. The number of hydrogen-bond donors (Lipinski definition) is 0. The number of nitrogens with zero attached hydrogens (tertiary/aromatic N) is 3. The van der Waals surface area contributed by atoms with Crippen molar-refractivity contribution >= 4 is 12.0 Å². The molecule has 2 amide bonds. The van der Waals surface area contributed by atoms with Crippen LogP contribution in [0.2, 0.25) is 0 Å². The predicted molar refractivity (Wildman–Crippen MR) is 115 cm³/mol. The van der Waals surface area contributed by atoms with E-state index in [0.717, 1.165) is 45.3 Å². The van der Waals surface area contributed by atoms with Crippen molar-refractivity contribution in [2.45, 2.75) is 104 Å². The van der Waals surface area contributed by atoms with Gasteiger partial charge in [-0.25, -0.2) is 4.79 Å². The molecule has 2 saturated heterocycles. The van der Waals surface area contributed by atoms with Crippen LogP contribution in [0.15, 0.2) is 0 Å². The third-order valence-electron chi connectivity index (χ3n) is 7.63. The Kier molecular flexibility index (Phi) is 7.13. The van der Waals surface area contributed by atoms with E-state index in [1.54, 1.807) is 6.92 Å². The zero-order valence-electron chi connectivity index (χ0n) is 19.2. The van der Waals surface area contributed by atoms with Gasteiger partial charge in [0.1, 0.15) is 0 Å². The van der Waals surface area contributed by atoms with Crippen molar-refractivity contribution in [3.05, 3.63) is 0 Å². The Morgan fingerprint density at radius 1 is 1.10 bits per heavy atom. The van der Waals surface area contributed by atoms with Crippen LogP contribution in [0.3, 0.4) is 0 Å². The number of hydrogen-bond acceptors (Lipinski definition) is 4. The number of piperidine rings is 2. The maximum atomic E-state index is 12.3. The minimum absolute atomic E-state index is 0.175. The van der Waals surface area contributed by atoms with Crippen LogP contribution in [0.5, 0.6) is 0 Å². The zero-order valence-corrected chi connectivity index (χ0v) is 19.2. The molecule has 166 valence electrons. The second-order valence-corrected chi connectivity index (χ2v) is 10.0. The molecule has 1 aliphatic carbocycles. The molecule has 6 heteroatoms. The molecule has 3 aliphatic rings. The molecule has 3 fully saturated rings. The number of likely N-dealkylation sites (tertiary alicyclic amines) is 2. The first-order valence-corrected chi connectivity index (χ1v) is 11.7. The van der Waals surface area contributed by atoms with Crippen molar-refractivity contribution in [3.63, 3.8) is 0 Å². The van der Waals surface area contributed by atoms with Crippen molar-refractivity contribution in [2.75, 3.05) is 26.2 Å². The number of ether oxygens (including phenoxy) is 1. The Bertz CT molecular complexity index is 572. The molecule has 0 aromatic carbocycles. The summed E-state index contributed by atoms with van der Waals surface area (Å²) in [6.07, 6.45) is 7.78. The van der Waals surface area contributed by atoms with Crippen molar-refractivity contribution in [3.8, 4) is 0 Å². The number of carbonyl (C=O) groups is 2. The highest BCUT2D eigenvalue weighted by Gasteiger charge is 2.40. The molecule has 0 radical (unpaired) electrons. The van der Waals surface area contributed by atoms with Gasteiger partial charge in [-0.2, -0.15) is 0 Å². The van der Waals surface area contributed by atoms with E-state index < -0.39 is 0 Å². The van der Waals surface area contributed by atoms with Crippen LogP contribution in [0, 0.1) is 5.41 Å². The monoisotopic (exact) mass is 407 g/mol. The Morgan fingerprint density at radius 2 is 1.69 bits per heavy atom. The second-order valence-electron chi connectivity index (χ2n) is 10.0. The van der Waals surface area contributed by atoms with Gasteiger partial charge >= 0.3 is 6.09 Å². The van der Waals surface area contributed by atoms with Crippen LogP contribution in [-0.2, 0) is 9.53 Å². The molecule has 0 bridgehead atoms. The van der Waals surface area contributed by atoms with Crippen molar-refractivity contribution in [1.82, 2.24) is 14.7 Å². The fourth-order valence-corrected chi connectivity index (χ4v) is 5.81. The SMILES string of the molecule is CCOC(=O)N1C(C)CC(N2CCC(N(CC3(C)CCC3)C(C)=O)CC2)CC1C. The highest BCUT2D eigenvalue weighted by atomic mass is 16.6. The third kappa shape index (κ3) is 5.07. The summed E-state index contributed by atoms with van der Waals surface area (Å²) in [6.45, 7) is 13.7. The van der Waals surface area contributed by atoms with Crippen LogP contribution in [0.1, 0.15) is 79.6 Å². The van der Waals surface area contributed by atoms with Crippen LogP contribution < -0.4 is 0 Å². The Hall–Kier alpha value is -1.30. The molecular formula is C23H41N3O3. The molecule has 0 N–H and O–H groups in total. The summed E-state index contributed by atoms with van der Waals surface area (Å²) < 4.78 is 5.26. The van der Waals surface area contributed by atoms with Gasteiger partial charge in [-0.05, 0) is 64.7 Å². The van der Waals surface area contributed by atoms with Gasteiger partial charge in [0.15, 0.2) is 0 Å². The fourth-order valence-electron chi connectivity index (χ4n) is 5.81. The van der Waals surface area contributed by atoms with Gasteiger partial charge in [-0.3, -0.25) is 4.79 Å². The highest BCUT2D eigenvalue weighted by molar-refractivity contribution is 5.73. The van der Waals surface area contributed by atoms with E-state index in [4.69, 9.17) is 4.74 Å². The van der Waals surface area contributed by atoms with E-state index >= 15 is 0 Å². The highest BCUT2D eigenvalue weighted by Crippen LogP contribution is 2.41. The number of amides is 2. The van der Waals surface area contributed by atoms with Crippen LogP contribution in [-0.4, -0.2) is 77.1 Å². The normalized spacial score (nSPS) is 30.5. The van der Waals surface area contributed by atoms with Gasteiger partial charge in [0.25, 0.3) is 0 Å². The van der Waals surface area contributed by atoms with E-state index in [-0.39, 0.29) is 24.1 Å². The molecule has 3 rings (SSSR count). The van der Waals surface area contributed by atoms with E-state index in [9.17, 15) is 9.59 Å². The van der Waals surface area contributed by atoms with Gasteiger partial charge in [0.05, 0.1) is 6.61 Å². The Labute approximate surface area is 176 Å². The predicted octanol–water partition coefficient (Wildman–Crippen LogP) is 3.89. The van der Waals surface area contributed by atoms with Gasteiger partial charge in [-0.1, -0.05) is 13.3 Å². The standard InChI is InChI=1S/C23H41N3O3/c1-6-29-22(28)26-17(2)14-21(15-18(26)3)24-12-8-20(9-13-24)25(19(4)27)16-23(5)10-7-11-23/h17-18,20-21H,6-16H2,1-5H3. The maximum Gasteiger partial charge on any atom is 0.410 e. The molecule has 2 unspecified atom stereocenters. The zero-order chi connectivity index (χ0) is 21.2. The van der Waals surface area contributed by atoms with Gasteiger partial charge < -0.3 is 19.4 Å². The Balaban J connectivity index is 1.53. The van der Waals surface area contributed by atoms with Crippen LogP contribution >= 0.6 is 0 Å². The maximum absolute atomic E-state index is 12.3.